The predicted molar refractivity (Wildman–Crippen MR) is 117 cm³/mol. The summed E-state index contributed by atoms with van der Waals surface area (Å²) in [5.74, 6) is 0.956. The van der Waals surface area contributed by atoms with E-state index in [0.717, 1.165) is 5.76 Å². The smallest absolute Gasteiger partial charge is 0.257 e. The van der Waals surface area contributed by atoms with Crippen LogP contribution in [0.25, 0.3) is 10.9 Å². The first kappa shape index (κ1) is 21.5. The van der Waals surface area contributed by atoms with E-state index in [-0.39, 0.29) is 30.9 Å². The average Bonchev–Trinajstić information content (AvgIpc) is 3.47. The first-order chi connectivity index (χ1) is 15.5. The van der Waals surface area contributed by atoms with Gasteiger partial charge in [0.1, 0.15) is 11.3 Å². The van der Waals surface area contributed by atoms with Crippen LogP contribution in [-0.4, -0.2) is 35.8 Å². The van der Waals surface area contributed by atoms with E-state index >= 15 is 0 Å². The Balaban J connectivity index is 1.42. The molecule has 1 aliphatic heterocycles. The summed E-state index contributed by atoms with van der Waals surface area (Å²) in [6, 6.07) is 6.95. The Morgan fingerprint density at radius 2 is 2.00 bits per heavy atom. The number of fused-ring (bicyclic) bond motifs is 2. The number of amides is 2. The Kier molecular flexibility index (Phi) is 6.16. The van der Waals surface area contributed by atoms with Crippen molar-refractivity contribution in [1.29, 1.82) is 0 Å². The van der Waals surface area contributed by atoms with Gasteiger partial charge in [-0.1, -0.05) is 0 Å². The van der Waals surface area contributed by atoms with Gasteiger partial charge < -0.3 is 29.1 Å². The Morgan fingerprint density at radius 3 is 2.72 bits per heavy atom. The zero-order chi connectivity index (χ0) is 22.7. The highest BCUT2D eigenvalue weighted by Gasteiger charge is 2.21. The number of rotatable bonds is 8. The van der Waals surface area contributed by atoms with Gasteiger partial charge >= 0.3 is 0 Å². The van der Waals surface area contributed by atoms with E-state index in [0.29, 0.717) is 41.8 Å². The van der Waals surface area contributed by atoms with Gasteiger partial charge in [-0.3, -0.25) is 14.4 Å². The summed E-state index contributed by atoms with van der Waals surface area (Å²) in [5.41, 5.74) is 0.200. The number of pyridine rings is 1. The van der Waals surface area contributed by atoms with E-state index in [1.54, 1.807) is 23.0 Å². The molecule has 0 radical (unpaired) electrons. The molecule has 168 valence electrons. The molecular formula is C23H25N3O6. The lowest BCUT2D eigenvalue weighted by molar-refractivity contribution is -0.120. The van der Waals surface area contributed by atoms with E-state index in [9.17, 15) is 14.4 Å². The third kappa shape index (κ3) is 4.46. The summed E-state index contributed by atoms with van der Waals surface area (Å²) in [4.78, 5) is 37.9. The quantitative estimate of drug-likeness (QED) is 0.557. The van der Waals surface area contributed by atoms with Crippen LogP contribution in [0, 0.1) is 0 Å². The first-order valence-corrected chi connectivity index (χ1v) is 10.5. The predicted octanol–water partition coefficient (Wildman–Crippen LogP) is 2.21. The third-order valence-corrected chi connectivity index (χ3v) is 5.38. The molecule has 2 N–H and O–H groups in total. The molecule has 9 heteroatoms. The Morgan fingerprint density at radius 1 is 1.22 bits per heavy atom. The van der Waals surface area contributed by atoms with Crippen LogP contribution in [0.5, 0.6) is 11.5 Å². The molecule has 3 aromatic rings. The molecule has 0 unspecified atom stereocenters. The molecule has 0 fully saturated rings. The summed E-state index contributed by atoms with van der Waals surface area (Å²) >= 11 is 0. The number of furan rings is 1. The fourth-order valence-electron chi connectivity index (χ4n) is 3.67. The maximum atomic E-state index is 13.0. The minimum absolute atomic E-state index is 0.0307. The van der Waals surface area contributed by atoms with Crippen molar-refractivity contribution in [2.24, 2.45) is 0 Å². The van der Waals surface area contributed by atoms with Gasteiger partial charge in [0.25, 0.3) is 5.91 Å². The number of nitrogens with zero attached hydrogens (tertiary/aromatic N) is 1. The zero-order valence-electron chi connectivity index (χ0n) is 18.0. The maximum absolute atomic E-state index is 13.0. The van der Waals surface area contributed by atoms with Crippen molar-refractivity contribution in [3.8, 4) is 11.5 Å². The largest absolute Gasteiger partial charge is 0.469 e. The minimum atomic E-state index is -0.602. The van der Waals surface area contributed by atoms with Crippen LogP contribution in [0.15, 0.2) is 45.9 Å². The molecule has 2 amide bonds. The molecule has 2 aromatic heterocycles. The SMILES string of the molecule is CCn1cc(C(=O)NCC(=O)N[C@H](C)CCc2ccco2)c(=O)c2cc3c(cc21)OCO3. The van der Waals surface area contributed by atoms with Gasteiger partial charge in [-0.2, -0.15) is 0 Å². The molecule has 1 aromatic carbocycles. The summed E-state index contributed by atoms with van der Waals surface area (Å²) in [6.45, 7) is 4.21. The van der Waals surface area contributed by atoms with Crippen molar-refractivity contribution < 1.29 is 23.5 Å². The minimum Gasteiger partial charge on any atom is -0.469 e. The third-order valence-electron chi connectivity index (χ3n) is 5.38. The zero-order valence-corrected chi connectivity index (χ0v) is 18.0. The standard InChI is InChI=1S/C23H25N3O6/c1-3-26-12-17(22(28)16-9-19-20(10-18(16)26)32-13-31-19)23(29)24-11-21(27)25-14(2)6-7-15-5-4-8-30-15/h4-5,8-10,12,14H,3,6-7,11,13H2,1-2H3,(H,24,29)(H,25,27)/t14-/m1/s1. The van der Waals surface area contributed by atoms with Gasteiger partial charge in [0.05, 0.1) is 23.7 Å². The van der Waals surface area contributed by atoms with E-state index in [2.05, 4.69) is 10.6 Å². The number of aryl methyl sites for hydroxylation is 2. The van der Waals surface area contributed by atoms with Crippen molar-refractivity contribution in [2.75, 3.05) is 13.3 Å². The van der Waals surface area contributed by atoms with Crippen LogP contribution < -0.4 is 25.5 Å². The van der Waals surface area contributed by atoms with E-state index in [1.165, 1.54) is 6.20 Å². The highest BCUT2D eigenvalue weighted by Crippen LogP contribution is 2.35. The summed E-state index contributed by atoms with van der Waals surface area (Å²) in [7, 11) is 0. The van der Waals surface area contributed by atoms with Crippen LogP contribution in [0.4, 0.5) is 0 Å². The molecular weight excluding hydrogens is 414 g/mol. The Hall–Kier alpha value is -3.75. The van der Waals surface area contributed by atoms with Crippen LogP contribution >= 0.6 is 0 Å². The summed E-state index contributed by atoms with van der Waals surface area (Å²) in [5, 5.41) is 5.74. The summed E-state index contributed by atoms with van der Waals surface area (Å²) < 4.78 is 17.8. The molecule has 4 rings (SSSR count). The molecule has 0 saturated heterocycles. The van der Waals surface area contributed by atoms with Gasteiger partial charge in [-0.15, -0.1) is 0 Å². The van der Waals surface area contributed by atoms with Crippen LogP contribution in [0.3, 0.4) is 0 Å². The molecule has 0 spiro atoms. The lowest BCUT2D eigenvalue weighted by atomic mass is 10.1. The van der Waals surface area contributed by atoms with Crippen molar-refractivity contribution in [3.63, 3.8) is 0 Å². The molecule has 0 aliphatic carbocycles. The highest BCUT2D eigenvalue weighted by atomic mass is 16.7. The van der Waals surface area contributed by atoms with Crippen molar-refractivity contribution >= 4 is 22.7 Å². The van der Waals surface area contributed by atoms with Crippen molar-refractivity contribution in [1.82, 2.24) is 15.2 Å². The van der Waals surface area contributed by atoms with Gasteiger partial charge in [0.15, 0.2) is 11.5 Å². The van der Waals surface area contributed by atoms with Crippen molar-refractivity contribution in [3.05, 3.63) is 58.3 Å². The monoisotopic (exact) mass is 439 g/mol. The topological polar surface area (TPSA) is 112 Å². The average molecular weight is 439 g/mol. The van der Waals surface area contributed by atoms with Crippen LogP contribution in [-0.2, 0) is 17.8 Å². The lowest BCUT2D eigenvalue weighted by Gasteiger charge is -2.14. The molecule has 3 heterocycles. The van der Waals surface area contributed by atoms with Crippen molar-refractivity contribution in [2.45, 2.75) is 39.3 Å². The number of aromatic nitrogens is 1. The van der Waals surface area contributed by atoms with Crippen LogP contribution in [0.1, 0.15) is 36.4 Å². The van der Waals surface area contributed by atoms with E-state index < -0.39 is 11.3 Å². The normalized spacial score (nSPS) is 13.2. The number of carbonyl (C=O) groups excluding carboxylic acids is 2. The Labute approximate surface area is 184 Å². The van der Waals surface area contributed by atoms with Gasteiger partial charge in [-0.05, 0) is 38.5 Å². The highest BCUT2D eigenvalue weighted by molar-refractivity contribution is 5.99. The second-order valence-corrected chi connectivity index (χ2v) is 7.65. The fraction of sp³-hybridized carbons (Fsp3) is 0.348. The fourth-order valence-corrected chi connectivity index (χ4v) is 3.67. The molecule has 1 aliphatic rings. The molecule has 9 nitrogen and oxygen atoms in total. The van der Waals surface area contributed by atoms with Gasteiger partial charge in [0, 0.05) is 31.3 Å². The number of hydrogen-bond acceptors (Lipinski definition) is 6. The molecule has 0 bridgehead atoms. The second kappa shape index (κ2) is 9.17. The summed E-state index contributed by atoms with van der Waals surface area (Å²) in [6.07, 6.45) is 4.52. The first-order valence-electron chi connectivity index (χ1n) is 10.5. The Bertz CT molecular complexity index is 1200. The maximum Gasteiger partial charge on any atom is 0.257 e. The molecule has 32 heavy (non-hydrogen) atoms. The van der Waals surface area contributed by atoms with Crippen LogP contribution in [0.2, 0.25) is 0 Å². The number of carbonyl (C=O) groups is 2. The van der Waals surface area contributed by atoms with E-state index in [1.807, 2.05) is 26.0 Å². The number of nitrogens with one attached hydrogen (secondary N) is 2. The number of ether oxygens (including phenoxy) is 2. The second-order valence-electron chi connectivity index (χ2n) is 7.65. The molecule has 1 atom stereocenters. The van der Waals surface area contributed by atoms with E-state index in [4.69, 9.17) is 13.9 Å². The van der Waals surface area contributed by atoms with Gasteiger partial charge in [0.2, 0.25) is 18.1 Å². The molecule has 0 saturated carbocycles. The number of hydrogen-bond donors (Lipinski definition) is 2. The lowest BCUT2D eigenvalue weighted by Crippen LogP contribution is -2.42. The number of benzene rings is 1. The van der Waals surface area contributed by atoms with Gasteiger partial charge in [-0.25, -0.2) is 0 Å².